The Kier molecular flexibility index (Phi) is 4.97. The first-order chi connectivity index (χ1) is 9.47. The lowest BCUT2D eigenvalue weighted by Gasteiger charge is -2.13. The minimum Gasteiger partial charge on any atom is -0.327 e. The molecule has 0 saturated carbocycles. The Labute approximate surface area is 126 Å². The monoisotopic (exact) mass is 315 g/mol. The maximum atomic E-state index is 13.5. The maximum Gasteiger partial charge on any atom is 0.129 e. The van der Waals surface area contributed by atoms with Crippen molar-refractivity contribution < 1.29 is 8.78 Å². The molecule has 106 valence electrons. The van der Waals surface area contributed by atoms with Crippen molar-refractivity contribution in [2.75, 3.05) is 0 Å². The summed E-state index contributed by atoms with van der Waals surface area (Å²) in [5, 5.41) is 0.901. The van der Waals surface area contributed by atoms with Crippen molar-refractivity contribution in [1.82, 2.24) is 0 Å². The van der Waals surface area contributed by atoms with Crippen LogP contribution in [-0.4, -0.2) is 6.04 Å². The Morgan fingerprint density at radius 1 is 0.950 bits per heavy atom. The topological polar surface area (TPSA) is 26.0 Å². The van der Waals surface area contributed by atoms with Crippen molar-refractivity contribution in [2.45, 2.75) is 18.9 Å². The minimum atomic E-state index is -0.574. The first kappa shape index (κ1) is 15.2. The van der Waals surface area contributed by atoms with Crippen LogP contribution >= 0.6 is 23.2 Å². The fourth-order valence-corrected chi connectivity index (χ4v) is 2.35. The molecule has 0 radical (unpaired) electrons. The summed E-state index contributed by atoms with van der Waals surface area (Å²) in [6.45, 7) is 0. The quantitative estimate of drug-likeness (QED) is 0.890. The first-order valence-electron chi connectivity index (χ1n) is 6.09. The van der Waals surface area contributed by atoms with Gasteiger partial charge in [-0.1, -0.05) is 35.3 Å². The Bertz CT molecular complexity index is 597. The lowest BCUT2D eigenvalue weighted by molar-refractivity contribution is 0.533. The molecule has 0 spiro atoms. The molecule has 0 heterocycles. The number of hydrogen-bond acceptors (Lipinski definition) is 1. The third-order valence-corrected chi connectivity index (χ3v) is 3.75. The van der Waals surface area contributed by atoms with Crippen LogP contribution in [0.4, 0.5) is 8.78 Å². The summed E-state index contributed by atoms with van der Waals surface area (Å²) in [7, 11) is 0. The minimum absolute atomic E-state index is 0.0139. The SMILES string of the molecule is NC(Cc1ccc(Cl)c(Cl)c1)Cc1c(F)cccc1F. The van der Waals surface area contributed by atoms with E-state index in [1.54, 1.807) is 18.2 Å². The average Bonchev–Trinajstić information content (AvgIpc) is 2.38. The highest BCUT2D eigenvalue weighted by atomic mass is 35.5. The van der Waals surface area contributed by atoms with Crippen molar-refractivity contribution in [1.29, 1.82) is 0 Å². The Hall–Kier alpha value is -1.16. The van der Waals surface area contributed by atoms with Gasteiger partial charge in [-0.15, -0.1) is 0 Å². The smallest absolute Gasteiger partial charge is 0.129 e. The van der Waals surface area contributed by atoms with Crippen LogP contribution in [0.15, 0.2) is 36.4 Å². The van der Waals surface area contributed by atoms with E-state index in [4.69, 9.17) is 28.9 Å². The maximum absolute atomic E-state index is 13.5. The van der Waals surface area contributed by atoms with Crippen LogP contribution in [0, 0.1) is 11.6 Å². The highest BCUT2D eigenvalue weighted by Crippen LogP contribution is 2.23. The predicted octanol–water partition coefficient (Wildman–Crippen LogP) is 4.38. The summed E-state index contributed by atoms with van der Waals surface area (Å²) < 4.78 is 27.1. The molecule has 1 unspecified atom stereocenters. The third kappa shape index (κ3) is 3.69. The van der Waals surface area contributed by atoms with E-state index in [1.807, 2.05) is 0 Å². The largest absolute Gasteiger partial charge is 0.327 e. The molecule has 0 aliphatic heterocycles. The molecule has 0 aromatic heterocycles. The van der Waals surface area contributed by atoms with Crippen LogP contribution in [-0.2, 0) is 12.8 Å². The van der Waals surface area contributed by atoms with Crippen LogP contribution in [0.1, 0.15) is 11.1 Å². The fraction of sp³-hybridized carbons (Fsp3) is 0.200. The van der Waals surface area contributed by atoms with Gasteiger partial charge in [-0.2, -0.15) is 0 Å². The standard InChI is InChI=1S/C15H13Cl2F2N/c16-12-5-4-9(7-13(12)17)6-10(20)8-11-14(18)2-1-3-15(11)19/h1-5,7,10H,6,8,20H2. The average molecular weight is 316 g/mol. The second kappa shape index (κ2) is 6.53. The molecule has 0 aliphatic carbocycles. The number of benzene rings is 2. The summed E-state index contributed by atoms with van der Waals surface area (Å²) in [5.41, 5.74) is 6.85. The molecule has 2 aromatic rings. The molecule has 5 heteroatoms. The lowest BCUT2D eigenvalue weighted by atomic mass is 9.99. The van der Waals surface area contributed by atoms with Gasteiger partial charge < -0.3 is 5.73 Å². The van der Waals surface area contributed by atoms with Crippen LogP contribution in [0.2, 0.25) is 10.0 Å². The van der Waals surface area contributed by atoms with Gasteiger partial charge in [0.25, 0.3) is 0 Å². The van der Waals surface area contributed by atoms with Gasteiger partial charge in [-0.3, -0.25) is 0 Å². The zero-order valence-electron chi connectivity index (χ0n) is 10.5. The molecular formula is C15H13Cl2F2N. The van der Waals surface area contributed by atoms with E-state index >= 15 is 0 Å². The van der Waals surface area contributed by atoms with Crippen molar-refractivity contribution in [3.05, 3.63) is 69.2 Å². The second-order valence-corrected chi connectivity index (χ2v) is 5.43. The molecule has 0 saturated heterocycles. The van der Waals surface area contributed by atoms with Gasteiger partial charge in [0.05, 0.1) is 10.0 Å². The molecule has 0 fully saturated rings. The van der Waals surface area contributed by atoms with Crippen molar-refractivity contribution >= 4 is 23.2 Å². The van der Waals surface area contributed by atoms with E-state index in [-0.39, 0.29) is 12.0 Å². The van der Waals surface area contributed by atoms with Crippen LogP contribution < -0.4 is 5.73 Å². The summed E-state index contributed by atoms with van der Waals surface area (Å²) in [6, 6.07) is 8.56. The summed E-state index contributed by atoms with van der Waals surface area (Å²) >= 11 is 11.7. The molecule has 0 bridgehead atoms. The van der Waals surface area contributed by atoms with E-state index in [9.17, 15) is 8.78 Å². The van der Waals surface area contributed by atoms with Gasteiger partial charge in [0, 0.05) is 11.6 Å². The van der Waals surface area contributed by atoms with Gasteiger partial charge in [0.1, 0.15) is 11.6 Å². The van der Waals surface area contributed by atoms with Crippen molar-refractivity contribution in [3.63, 3.8) is 0 Å². The first-order valence-corrected chi connectivity index (χ1v) is 6.85. The molecule has 2 aromatic carbocycles. The Morgan fingerprint density at radius 3 is 2.20 bits per heavy atom. The number of hydrogen-bond donors (Lipinski definition) is 1. The van der Waals surface area contributed by atoms with E-state index in [0.717, 1.165) is 5.56 Å². The van der Waals surface area contributed by atoms with Crippen LogP contribution in [0.25, 0.3) is 0 Å². The van der Waals surface area contributed by atoms with Gasteiger partial charge >= 0.3 is 0 Å². The fourth-order valence-electron chi connectivity index (χ4n) is 2.03. The van der Waals surface area contributed by atoms with Gasteiger partial charge in [-0.25, -0.2) is 8.78 Å². The molecule has 20 heavy (non-hydrogen) atoms. The van der Waals surface area contributed by atoms with Crippen molar-refractivity contribution in [2.24, 2.45) is 5.73 Å². The highest BCUT2D eigenvalue weighted by molar-refractivity contribution is 6.42. The Balaban J connectivity index is 2.09. The third-order valence-electron chi connectivity index (χ3n) is 3.01. The van der Waals surface area contributed by atoms with Crippen LogP contribution in [0.5, 0.6) is 0 Å². The highest BCUT2D eigenvalue weighted by Gasteiger charge is 2.13. The van der Waals surface area contributed by atoms with Gasteiger partial charge in [0.2, 0.25) is 0 Å². The second-order valence-electron chi connectivity index (χ2n) is 4.62. The van der Waals surface area contributed by atoms with E-state index in [1.165, 1.54) is 18.2 Å². The van der Waals surface area contributed by atoms with Crippen molar-refractivity contribution in [3.8, 4) is 0 Å². The summed E-state index contributed by atoms with van der Waals surface area (Å²) in [5.74, 6) is -1.15. The van der Waals surface area contributed by atoms with Gasteiger partial charge in [-0.05, 0) is 42.7 Å². The predicted molar refractivity (Wildman–Crippen MR) is 78.2 cm³/mol. The molecule has 2 N–H and O–H groups in total. The number of nitrogens with two attached hydrogens (primary N) is 1. The summed E-state index contributed by atoms with van der Waals surface area (Å²) in [4.78, 5) is 0. The molecule has 1 atom stereocenters. The molecule has 0 aliphatic rings. The number of rotatable bonds is 4. The molecule has 2 rings (SSSR count). The summed E-state index contributed by atoms with van der Waals surface area (Å²) in [6.07, 6.45) is 0.587. The lowest BCUT2D eigenvalue weighted by Crippen LogP contribution is -2.26. The Morgan fingerprint density at radius 2 is 1.60 bits per heavy atom. The zero-order valence-corrected chi connectivity index (χ0v) is 12.1. The van der Waals surface area contributed by atoms with Gasteiger partial charge in [0.15, 0.2) is 0 Å². The molecule has 1 nitrogen and oxygen atoms in total. The zero-order chi connectivity index (χ0) is 14.7. The normalized spacial score (nSPS) is 12.4. The molecule has 0 amide bonds. The molecular weight excluding hydrogens is 303 g/mol. The van der Waals surface area contributed by atoms with Crippen LogP contribution in [0.3, 0.4) is 0 Å². The number of halogens is 4. The van der Waals surface area contributed by atoms with E-state index in [0.29, 0.717) is 16.5 Å². The van der Waals surface area contributed by atoms with E-state index < -0.39 is 17.7 Å². The van der Waals surface area contributed by atoms with E-state index in [2.05, 4.69) is 0 Å².